The highest BCUT2D eigenvalue weighted by molar-refractivity contribution is 7.65. The van der Waals surface area contributed by atoms with Crippen molar-refractivity contribution in [2.24, 2.45) is 0 Å². The first kappa shape index (κ1) is 8.79. The van der Waals surface area contributed by atoms with E-state index < -0.39 is 11.7 Å². The molecule has 0 saturated heterocycles. The van der Waals surface area contributed by atoms with Gasteiger partial charge in [-0.3, -0.25) is 0 Å². The van der Waals surface area contributed by atoms with Crippen molar-refractivity contribution in [3.8, 4) is 0 Å². The Kier molecular flexibility index (Phi) is 3.39. The zero-order chi connectivity index (χ0) is 6.78. The second-order valence-corrected chi connectivity index (χ2v) is 10.0. The van der Waals surface area contributed by atoms with E-state index in [-0.39, 0.29) is 0 Å². The summed E-state index contributed by atoms with van der Waals surface area (Å²) in [6.07, 6.45) is 1.22. The molecule has 1 unspecified atom stereocenters. The van der Waals surface area contributed by atoms with E-state index in [0.717, 1.165) is 0 Å². The molecule has 48 valence electrons. The fourth-order valence-electron chi connectivity index (χ4n) is 0.134. The second kappa shape index (κ2) is 3.08. The Hall–Kier alpha value is 0.787. The molecule has 0 radical (unpaired) electrons. The van der Waals surface area contributed by atoms with Gasteiger partial charge in [-0.15, -0.1) is 39.8 Å². The molecule has 0 heterocycles. The van der Waals surface area contributed by atoms with Crippen molar-refractivity contribution < 1.29 is 5.11 Å². The molecule has 0 fully saturated rings. The molecule has 5 heteroatoms. The van der Waals surface area contributed by atoms with Crippen molar-refractivity contribution >= 4 is 39.2 Å². The van der Waals surface area contributed by atoms with Gasteiger partial charge in [0.1, 0.15) is 5.73 Å². The smallest absolute Gasteiger partial charge is 0.372 e. The Morgan fingerprint density at radius 2 is 1.88 bits per heavy atom. The fraction of sp³-hybridized carbons (Fsp3) is 0.333. The van der Waals surface area contributed by atoms with Crippen LogP contribution in [0.15, 0.2) is 12.7 Å². The molecule has 8 heavy (non-hydrogen) atoms. The molecular weight excluding hydrogens is 186 g/mol. The van der Waals surface area contributed by atoms with Gasteiger partial charge in [-0.2, -0.15) is 0 Å². The number of aliphatic hydroxyl groups excluding tert-OH is 1. The van der Waals surface area contributed by atoms with Gasteiger partial charge >= 0.3 is 6.00 Å². The third-order valence-electron chi connectivity index (χ3n) is 0.559. The van der Waals surface area contributed by atoms with Crippen LogP contribution in [-0.2, 0) is 0 Å². The summed E-state index contributed by atoms with van der Waals surface area (Å²) < 4.78 is 0. The maximum absolute atomic E-state index is 8.74. The highest BCUT2D eigenvalue weighted by Crippen LogP contribution is 2.24. The Balaban J connectivity index is 3.80. The topological polar surface area (TPSA) is 20.2 Å². The second-order valence-electron chi connectivity index (χ2n) is 1.22. The van der Waals surface area contributed by atoms with E-state index in [9.17, 15) is 0 Å². The maximum atomic E-state index is 8.74. The van der Waals surface area contributed by atoms with Crippen LogP contribution in [-0.4, -0.2) is 16.8 Å². The van der Waals surface area contributed by atoms with Crippen molar-refractivity contribution in [1.82, 2.24) is 0 Å². The van der Waals surface area contributed by atoms with Crippen LogP contribution in [0.4, 0.5) is 0 Å². The van der Waals surface area contributed by atoms with E-state index in [1.54, 1.807) is 0 Å². The molecule has 0 rings (SSSR count). The lowest BCUT2D eigenvalue weighted by Gasteiger charge is -2.09. The third kappa shape index (κ3) is 2.94. The van der Waals surface area contributed by atoms with Crippen molar-refractivity contribution in [3.63, 3.8) is 0 Å². The summed E-state index contributed by atoms with van der Waals surface area (Å²) in [6, 6.07) is -2.91. The number of halogens is 3. The zero-order valence-electron chi connectivity index (χ0n) is 3.94. The van der Waals surface area contributed by atoms with Crippen LogP contribution in [0.1, 0.15) is 0 Å². The van der Waals surface area contributed by atoms with Crippen LogP contribution in [0.2, 0.25) is 0 Å². The lowest BCUT2D eigenvalue weighted by Crippen LogP contribution is -2.28. The molecule has 0 saturated carbocycles. The van der Waals surface area contributed by atoms with Crippen molar-refractivity contribution in [3.05, 3.63) is 12.7 Å². The summed E-state index contributed by atoms with van der Waals surface area (Å²) >= 11 is 16.0. The molecule has 0 spiro atoms. The Labute approximate surface area is 63.0 Å². The predicted octanol–water partition coefficient (Wildman–Crippen LogP) is 1.73. The molecule has 0 aromatic carbocycles. The minimum absolute atomic E-state index is 0.951. The van der Waals surface area contributed by atoms with Gasteiger partial charge in [0.2, 0.25) is 0 Å². The van der Waals surface area contributed by atoms with Crippen LogP contribution in [0.3, 0.4) is 0 Å². The monoisotopic (exact) mass is 190 g/mol. The van der Waals surface area contributed by atoms with Crippen LogP contribution >= 0.6 is 33.2 Å². The van der Waals surface area contributed by atoms with Gasteiger partial charge < -0.3 is 5.11 Å². The zero-order valence-corrected chi connectivity index (χ0v) is 7.21. The van der Waals surface area contributed by atoms with Gasteiger partial charge in [-0.05, 0) is 0 Å². The summed E-state index contributed by atoms with van der Waals surface area (Å²) in [4.78, 5) is 0. The molecule has 1 nitrogen and oxygen atoms in total. The minimum atomic E-state index is -2.91. The molecule has 0 aromatic rings. The van der Waals surface area contributed by atoms with Gasteiger partial charge in [0.25, 0.3) is 0 Å². The highest BCUT2D eigenvalue weighted by atomic mass is 35.8. The SMILES string of the molecule is C=CC(O)[Si](Cl)(Cl)Cl. The van der Waals surface area contributed by atoms with E-state index in [0.29, 0.717) is 0 Å². The standard InChI is InChI=1S/C3H5Cl3OSi/c1-2-3(7)8(4,5)6/h2-3,7H,1H2. The average molecular weight is 192 g/mol. The van der Waals surface area contributed by atoms with E-state index in [1.165, 1.54) is 6.08 Å². The maximum Gasteiger partial charge on any atom is 0.372 e. The van der Waals surface area contributed by atoms with E-state index in [2.05, 4.69) is 6.58 Å². The van der Waals surface area contributed by atoms with Crippen molar-refractivity contribution in [1.29, 1.82) is 0 Å². The molecule has 0 aromatic heterocycles. The van der Waals surface area contributed by atoms with Crippen molar-refractivity contribution in [2.45, 2.75) is 5.73 Å². The van der Waals surface area contributed by atoms with Gasteiger partial charge in [-0.1, -0.05) is 6.08 Å². The molecule has 0 aliphatic rings. The fourth-order valence-corrected chi connectivity index (χ4v) is 1.20. The third-order valence-corrected chi connectivity index (χ3v) is 3.48. The van der Waals surface area contributed by atoms with Gasteiger partial charge in [-0.25, -0.2) is 0 Å². The lowest BCUT2D eigenvalue weighted by atomic mass is 10.7. The normalized spacial score (nSPS) is 15.5. The molecule has 0 aliphatic heterocycles. The first-order valence-corrected chi connectivity index (χ1v) is 6.97. The molecule has 0 bridgehead atoms. The Bertz CT molecular complexity index is 89.0. The van der Waals surface area contributed by atoms with Gasteiger partial charge in [0.05, 0.1) is 0 Å². The molecular formula is C3H5Cl3OSi. The summed E-state index contributed by atoms with van der Waals surface area (Å²) in [6.45, 7) is 3.26. The van der Waals surface area contributed by atoms with Gasteiger partial charge in [0, 0.05) is 0 Å². The summed E-state index contributed by atoms with van der Waals surface area (Å²) in [7, 11) is 0. The first-order chi connectivity index (χ1) is 3.48. The Morgan fingerprint density at radius 1 is 1.50 bits per heavy atom. The summed E-state index contributed by atoms with van der Waals surface area (Å²) in [5, 5.41) is 8.74. The van der Waals surface area contributed by atoms with E-state index in [4.69, 9.17) is 38.3 Å². The summed E-state index contributed by atoms with van der Waals surface area (Å²) in [5.41, 5.74) is -0.951. The van der Waals surface area contributed by atoms with Crippen molar-refractivity contribution in [2.75, 3.05) is 0 Å². The first-order valence-electron chi connectivity index (χ1n) is 1.86. The van der Waals surface area contributed by atoms with Crippen LogP contribution in [0, 0.1) is 0 Å². The summed E-state index contributed by atoms with van der Waals surface area (Å²) in [5.74, 6) is 0. The van der Waals surface area contributed by atoms with Crippen LogP contribution < -0.4 is 0 Å². The van der Waals surface area contributed by atoms with E-state index in [1.807, 2.05) is 0 Å². The largest absolute Gasteiger partial charge is 0.388 e. The molecule has 0 aliphatic carbocycles. The number of aliphatic hydroxyl groups is 1. The number of hydrogen-bond donors (Lipinski definition) is 1. The van der Waals surface area contributed by atoms with Gasteiger partial charge in [0.15, 0.2) is 0 Å². The molecule has 1 N–H and O–H groups in total. The number of rotatable bonds is 2. The van der Waals surface area contributed by atoms with E-state index >= 15 is 0 Å². The number of hydrogen-bond acceptors (Lipinski definition) is 1. The van der Waals surface area contributed by atoms with Crippen LogP contribution in [0.5, 0.6) is 0 Å². The predicted molar refractivity (Wildman–Crippen MR) is 39.5 cm³/mol. The molecule has 1 atom stereocenters. The minimum Gasteiger partial charge on any atom is -0.388 e. The van der Waals surface area contributed by atoms with Crippen LogP contribution in [0.25, 0.3) is 0 Å². The molecule has 0 amide bonds. The lowest BCUT2D eigenvalue weighted by molar-refractivity contribution is 0.299. The quantitative estimate of drug-likeness (QED) is 0.400. The highest BCUT2D eigenvalue weighted by Gasteiger charge is 2.32. The average Bonchev–Trinajstić information content (AvgIpc) is 1.62. The Morgan fingerprint density at radius 3 is 1.88 bits per heavy atom.